The monoisotopic (exact) mass is 231 g/mol. The normalized spacial score (nSPS) is 11.5. The molecule has 0 aromatic heterocycles. The molecule has 0 aliphatic carbocycles. The third-order valence-electron chi connectivity index (χ3n) is 2.25. The Morgan fingerprint density at radius 3 is 2.56 bits per heavy atom. The number of ether oxygens (including phenoxy) is 1. The van der Waals surface area contributed by atoms with E-state index in [4.69, 9.17) is 4.74 Å². The summed E-state index contributed by atoms with van der Waals surface area (Å²) in [5.41, 5.74) is -0.604. The Bertz CT molecular complexity index is 325. The van der Waals surface area contributed by atoms with Gasteiger partial charge in [0.05, 0.1) is 6.61 Å². The fraction of sp³-hybridized carbons (Fsp3) is 0.455. The topological polar surface area (TPSA) is 9.23 Å². The molecule has 0 heterocycles. The molecule has 0 aliphatic rings. The Balaban J connectivity index is 2.54. The van der Waals surface area contributed by atoms with Gasteiger partial charge in [-0.25, -0.2) is 0 Å². The van der Waals surface area contributed by atoms with E-state index in [-0.39, 0.29) is 0 Å². The van der Waals surface area contributed by atoms with Crippen molar-refractivity contribution in [2.45, 2.75) is 26.2 Å². The van der Waals surface area contributed by atoms with E-state index < -0.39 is 12.4 Å². The second kappa shape index (κ2) is 5.82. The Morgan fingerprint density at radius 1 is 1.19 bits per heavy atom. The van der Waals surface area contributed by atoms with E-state index in [0.717, 1.165) is 31.4 Å². The molecule has 1 rings (SSSR count). The number of unbranched alkanes of at least 4 members (excludes halogenated alkanes) is 2. The van der Waals surface area contributed by atoms with E-state index in [1.165, 1.54) is 6.07 Å². The van der Waals surface area contributed by atoms with Crippen molar-refractivity contribution in [1.82, 2.24) is 0 Å². The molecule has 0 amide bonds. The Kier molecular flexibility index (Phi) is 4.71. The Hall–Kier alpha value is -1.13. The van der Waals surface area contributed by atoms with Crippen LogP contribution in [-0.4, -0.2) is 13.6 Å². The largest absolute Gasteiger partial charge is 0.509 e. The van der Waals surface area contributed by atoms with Crippen molar-refractivity contribution in [3.05, 3.63) is 24.3 Å². The van der Waals surface area contributed by atoms with Gasteiger partial charge in [-0.2, -0.15) is 0 Å². The summed E-state index contributed by atoms with van der Waals surface area (Å²) in [6.07, 6.45) is 2.97. The quantitative estimate of drug-likeness (QED) is 0.539. The molecule has 0 bridgehead atoms. The zero-order valence-electron chi connectivity index (χ0n) is 9.26. The van der Waals surface area contributed by atoms with Crippen molar-refractivity contribution in [3.8, 4) is 5.75 Å². The second-order valence-electron chi connectivity index (χ2n) is 3.70. The average Bonchev–Trinajstić information content (AvgIpc) is 2.24. The van der Waals surface area contributed by atoms with Crippen molar-refractivity contribution < 1.29 is 17.7 Å². The van der Waals surface area contributed by atoms with E-state index in [1.807, 2.05) is 0 Å². The van der Waals surface area contributed by atoms with Crippen LogP contribution in [0.4, 0.5) is 12.9 Å². The van der Waals surface area contributed by atoms with E-state index in [1.54, 1.807) is 6.07 Å². The summed E-state index contributed by atoms with van der Waals surface area (Å²) >= 11 is 0. The number of benzene rings is 1. The lowest BCUT2D eigenvalue weighted by Crippen LogP contribution is -2.33. The summed E-state index contributed by atoms with van der Waals surface area (Å²) in [6, 6.07) is 5.06. The van der Waals surface area contributed by atoms with Crippen LogP contribution in [0.1, 0.15) is 26.2 Å². The highest BCUT2D eigenvalue weighted by atomic mass is 19.4. The minimum Gasteiger partial charge on any atom is -0.494 e. The molecule has 0 saturated heterocycles. The highest BCUT2D eigenvalue weighted by Crippen LogP contribution is 2.14. The molecular formula is C11H15BF3O-. The highest BCUT2D eigenvalue weighted by Gasteiger charge is 2.25. The van der Waals surface area contributed by atoms with Gasteiger partial charge >= 0.3 is 6.98 Å². The Labute approximate surface area is 93.7 Å². The van der Waals surface area contributed by atoms with Gasteiger partial charge in [0, 0.05) is 0 Å². The van der Waals surface area contributed by atoms with Crippen LogP contribution in [0.15, 0.2) is 24.3 Å². The van der Waals surface area contributed by atoms with Gasteiger partial charge < -0.3 is 17.7 Å². The van der Waals surface area contributed by atoms with Gasteiger partial charge in [0.1, 0.15) is 5.75 Å². The maximum absolute atomic E-state index is 12.4. The standard InChI is InChI=1S/C11H15BF3O/c1-2-3-4-8-16-11-7-5-6-10(9-11)12(13,14)15/h5-7,9H,2-4,8H2,1H3/q-1. The molecule has 0 fully saturated rings. The second-order valence-corrected chi connectivity index (χ2v) is 3.70. The molecule has 1 aromatic rings. The van der Waals surface area contributed by atoms with E-state index in [0.29, 0.717) is 12.4 Å². The summed E-state index contributed by atoms with van der Waals surface area (Å²) < 4.78 is 42.5. The van der Waals surface area contributed by atoms with Gasteiger partial charge in [0.25, 0.3) is 0 Å². The molecule has 90 valence electrons. The zero-order valence-corrected chi connectivity index (χ0v) is 9.26. The van der Waals surface area contributed by atoms with Crippen molar-refractivity contribution in [3.63, 3.8) is 0 Å². The lowest BCUT2D eigenvalue weighted by Gasteiger charge is -2.16. The first-order valence-electron chi connectivity index (χ1n) is 5.46. The Morgan fingerprint density at radius 2 is 1.94 bits per heavy atom. The van der Waals surface area contributed by atoms with Crippen LogP contribution >= 0.6 is 0 Å². The number of halogens is 3. The first kappa shape index (κ1) is 12.9. The first-order valence-corrected chi connectivity index (χ1v) is 5.46. The zero-order chi connectivity index (χ0) is 12.0. The summed E-state index contributed by atoms with van der Waals surface area (Å²) in [6.45, 7) is -2.39. The van der Waals surface area contributed by atoms with Gasteiger partial charge in [0.2, 0.25) is 0 Å². The fourth-order valence-electron chi connectivity index (χ4n) is 1.35. The van der Waals surface area contributed by atoms with Gasteiger partial charge in [-0.1, -0.05) is 31.9 Å². The van der Waals surface area contributed by atoms with Crippen LogP contribution in [0.2, 0.25) is 0 Å². The molecule has 0 aliphatic heterocycles. The van der Waals surface area contributed by atoms with Crippen LogP contribution in [0, 0.1) is 0 Å². The van der Waals surface area contributed by atoms with E-state index in [9.17, 15) is 12.9 Å². The smallest absolute Gasteiger partial charge is 0.494 e. The van der Waals surface area contributed by atoms with Gasteiger partial charge in [-0.3, -0.25) is 0 Å². The number of rotatable bonds is 6. The average molecular weight is 231 g/mol. The van der Waals surface area contributed by atoms with Gasteiger partial charge in [-0.05, 0) is 18.6 Å². The van der Waals surface area contributed by atoms with E-state index >= 15 is 0 Å². The summed E-state index contributed by atoms with van der Waals surface area (Å²) in [7, 11) is 0. The van der Waals surface area contributed by atoms with Crippen LogP contribution in [0.5, 0.6) is 5.75 Å². The maximum atomic E-state index is 12.4. The molecule has 0 N–H and O–H groups in total. The molecule has 0 atom stereocenters. The van der Waals surface area contributed by atoms with Crippen molar-refractivity contribution in [2.75, 3.05) is 6.61 Å². The molecular weight excluding hydrogens is 216 g/mol. The lowest BCUT2D eigenvalue weighted by molar-refractivity contribution is 0.306. The van der Waals surface area contributed by atoms with Crippen molar-refractivity contribution >= 4 is 12.4 Å². The van der Waals surface area contributed by atoms with Crippen molar-refractivity contribution in [1.29, 1.82) is 0 Å². The molecule has 1 aromatic carbocycles. The molecule has 0 radical (unpaired) electrons. The molecule has 0 spiro atoms. The fourth-order valence-corrected chi connectivity index (χ4v) is 1.35. The SMILES string of the molecule is CCCCCOc1cccc([B-](F)(F)F)c1. The van der Waals surface area contributed by atoms with Crippen LogP contribution in [-0.2, 0) is 0 Å². The summed E-state index contributed by atoms with van der Waals surface area (Å²) in [5.74, 6) is 0.299. The first-order chi connectivity index (χ1) is 7.54. The van der Waals surface area contributed by atoms with Gasteiger partial charge in [-0.15, -0.1) is 5.46 Å². The number of hydrogen-bond donors (Lipinski definition) is 0. The predicted octanol–water partition coefficient (Wildman–Crippen LogP) is 3.31. The molecule has 1 nitrogen and oxygen atoms in total. The minimum absolute atomic E-state index is 0.299. The summed E-state index contributed by atoms with van der Waals surface area (Å²) in [5, 5.41) is 0. The molecule has 0 unspecified atom stereocenters. The third-order valence-corrected chi connectivity index (χ3v) is 2.25. The molecule has 5 heteroatoms. The highest BCUT2D eigenvalue weighted by molar-refractivity contribution is 6.73. The summed E-state index contributed by atoms with van der Waals surface area (Å²) in [4.78, 5) is 0. The minimum atomic E-state index is -4.93. The van der Waals surface area contributed by atoms with Gasteiger partial charge in [0.15, 0.2) is 0 Å². The molecule has 16 heavy (non-hydrogen) atoms. The maximum Gasteiger partial charge on any atom is 0.509 e. The lowest BCUT2D eigenvalue weighted by atomic mass is 9.80. The molecule has 0 saturated carbocycles. The van der Waals surface area contributed by atoms with Crippen LogP contribution in [0.25, 0.3) is 0 Å². The van der Waals surface area contributed by atoms with Crippen LogP contribution in [0.3, 0.4) is 0 Å². The van der Waals surface area contributed by atoms with Crippen LogP contribution < -0.4 is 10.2 Å². The van der Waals surface area contributed by atoms with E-state index in [2.05, 4.69) is 6.92 Å². The predicted molar refractivity (Wildman–Crippen MR) is 60.2 cm³/mol. The third kappa shape index (κ3) is 4.17. The number of hydrogen-bond acceptors (Lipinski definition) is 1. The van der Waals surface area contributed by atoms with Crippen molar-refractivity contribution in [2.24, 2.45) is 0 Å².